The summed E-state index contributed by atoms with van der Waals surface area (Å²) in [5, 5.41) is 9.87. The van der Waals surface area contributed by atoms with Crippen LogP contribution in [0.4, 0.5) is 0 Å². The molecule has 0 amide bonds. The van der Waals surface area contributed by atoms with Crippen molar-refractivity contribution in [1.82, 2.24) is 4.90 Å². The Bertz CT molecular complexity index is 183. The van der Waals surface area contributed by atoms with E-state index in [4.69, 9.17) is 0 Å². The Labute approximate surface area is 80.9 Å². The minimum Gasteiger partial charge on any atom is -0.392 e. The number of aliphatic hydroxyl groups excluding tert-OH is 1. The van der Waals surface area contributed by atoms with Gasteiger partial charge in [0.2, 0.25) is 0 Å². The molecule has 13 heavy (non-hydrogen) atoms. The smallest absolute Gasteiger partial charge is 0.0620 e. The fourth-order valence-corrected chi connectivity index (χ4v) is 2.74. The Balaban J connectivity index is 2.07. The molecule has 1 heterocycles. The third-order valence-corrected chi connectivity index (χ3v) is 3.73. The van der Waals surface area contributed by atoms with E-state index in [0.29, 0.717) is 11.8 Å². The molecule has 1 aliphatic carbocycles. The van der Waals surface area contributed by atoms with E-state index in [9.17, 15) is 5.11 Å². The standard InChI is InChI=1S/C11H21NO/c1-11(2,3)12-6-8-4-5-9(7-12)10(8)13/h8-10,13H,4-7H2,1-3H3/t8-,9-/m0/s1. The number of likely N-dealkylation sites (tertiary alicyclic amines) is 1. The van der Waals surface area contributed by atoms with Crippen LogP contribution < -0.4 is 0 Å². The van der Waals surface area contributed by atoms with E-state index in [1.807, 2.05) is 0 Å². The lowest BCUT2D eigenvalue weighted by atomic mass is 9.91. The van der Waals surface area contributed by atoms with Crippen molar-refractivity contribution in [2.45, 2.75) is 45.3 Å². The fraction of sp³-hybridized carbons (Fsp3) is 1.00. The molecule has 1 saturated heterocycles. The average molecular weight is 183 g/mol. The molecule has 2 bridgehead atoms. The van der Waals surface area contributed by atoms with E-state index in [-0.39, 0.29) is 11.6 Å². The van der Waals surface area contributed by atoms with Crippen molar-refractivity contribution >= 4 is 0 Å². The van der Waals surface area contributed by atoms with Crippen molar-refractivity contribution in [2.24, 2.45) is 11.8 Å². The largest absolute Gasteiger partial charge is 0.392 e. The van der Waals surface area contributed by atoms with Gasteiger partial charge in [0.15, 0.2) is 0 Å². The molecule has 2 rings (SSSR count). The maximum atomic E-state index is 9.87. The van der Waals surface area contributed by atoms with E-state index in [0.717, 1.165) is 13.1 Å². The average Bonchev–Trinajstić information content (AvgIpc) is 2.29. The highest BCUT2D eigenvalue weighted by atomic mass is 16.3. The summed E-state index contributed by atoms with van der Waals surface area (Å²) in [7, 11) is 0. The maximum Gasteiger partial charge on any atom is 0.0620 e. The molecule has 0 aromatic rings. The summed E-state index contributed by atoms with van der Waals surface area (Å²) in [6.45, 7) is 9.00. The van der Waals surface area contributed by atoms with Crippen molar-refractivity contribution in [1.29, 1.82) is 0 Å². The Morgan fingerprint density at radius 2 is 1.54 bits per heavy atom. The summed E-state index contributed by atoms with van der Waals surface area (Å²) in [4.78, 5) is 2.53. The Hall–Kier alpha value is -0.0800. The first kappa shape index (κ1) is 9.47. The third-order valence-electron chi connectivity index (χ3n) is 3.73. The van der Waals surface area contributed by atoms with E-state index in [2.05, 4.69) is 25.7 Å². The van der Waals surface area contributed by atoms with Crippen molar-refractivity contribution in [3.8, 4) is 0 Å². The van der Waals surface area contributed by atoms with Gasteiger partial charge in [-0.1, -0.05) is 0 Å². The number of aliphatic hydroxyl groups is 1. The molecule has 1 aliphatic heterocycles. The molecule has 2 aliphatic rings. The summed E-state index contributed by atoms with van der Waals surface area (Å²) < 4.78 is 0. The highest BCUT2D eigenvalue weighted by molar-refractivity contribution is 4.95. The lowest BCUT2D eigenvalue weighted by molar-refractivity contribution is -0.0171. The van der Waals surface area contributed by atoms with Crippen LogP contribution in [0, 0.1) is 11.8 Å². The van der Waals surface area contributed by atoms with Gasteiger partial charge in [-0.25, -0.2) is 0 Å². The van der Waals surface area contributed by atoms with E-state index < -0.39 is 0 Å². The van der Waals surface area contributed by atoms with Gasteiger partial charge in [0.1, 0.15) is 0 Å². The van der Waals surface area contributed by atoms with Crippen LogP contribution >= 0.6 is 0 Å². The fourth-order valence-electron chi connectivity index (χ4n) is 2.74. The normalized spacial score (nSPS) is 41.1. The SMILES string of the molecule is CC(C)(C)N1C[C@@H]2CC[C@@H](C1)C2O. The molecule has 0 aromatic heterocycles. The monoisotopic (exact) mass is 183 g/mol. The molecular formula is C11H21NO. The van der Waals surface area contributed by atoms with Crippen LogP contribution in [0.15, 0.2) is 0 Å². The minimum absolute atomic E-state index is 0.00130. The van der Waals surface area contributed by atoms with Crippen molar-refractivity contribution in [3.63, 3.8) is 0 Å². The van der Waals surface area contributed by atoms with Gasteiger partial charge in [-0.05, 0) is 45.4 Å². The zero-order valence-corrected chi connectivity index (χ0v) is 8.95. The second-order valence-corrected chi connectivity index (χ2v) is 5.66. The minimum atomic E-state index is -0.00130. The van der Waals surface area contributed by atoms with Gasteiger partial charge in [-0.15, -0.1) is 0 Å². The number of rotatable bonds is 0. The van der Waals surface area contributed by atoms with Crippen LogP contribution in [0.1, 0.15) is 33.6 Å². The van der Waals surface area contributed by atoms with Gasteiger partial charge in [0.25, 0.3) is 0 Å². The number of nitrogens with zero attached hydrogens (tertiary/aromatic N) is 1. The second-order valence-electron chi connectivity index (χ2n) is 5.66. The van der Waals surface area contributed by atoms with Crippen molar-refractivity contribution in [3.05, 3.63) is 0 Å². The van der Waals surface area contributed by atoms with Crippen LogP contribution in [-0.4, -0.2) is 34.7 Å². The molecule has 2 atom stereocenters. The van der Waals surface area contributed by atoms with Gasteiger partial charge in [-0.2, -0.15) is 0 Å². The number of piperidine rings is 1. The summed E-state index contributed by atoms with van der Waals surface area (Å²) in [6.07, 6.45) is 2.47. The lowest BCUT2D eigenvalue weighted by Gasteiger charge is -2.43. The number of hydrogen-bond acceptors (Lipinski definition) is 2. The first-order chi connectivity index (χ1) is 5.98. The highest BCUT2D eigenvalue weighted by Crippen LogP contribution is 2.38. The lowest BCUT2D eigenvalue weighted by Crippen LogP contribution is -2.52. The molecule has 2 nitrogen and oxygen atoms in total. The highest BCUT2D eigenvalue weighted by Gasteiger charge is 2.43. The summed E-state index contributed by atoms with van der Waals surface area (Å²) in [6, 6.07) is 0. The molecule has 0 unspecified atom stereocenters. The molecule has 2 heteroatoms. The van der Waals surface area contributed by atoms with Crippen LogP contribution in [0.2, 0.25) is 0 Å². The topological polar surface area (TPSA) is 23.5 Å². The predicted molar refractivity (Wildman–Crippen MR) is 53.5 cm³/mol. The Morgan fingerprint density at radius 1 is 1.08 bits per heavy atom. The molecule has 0 spiro atoms. The molecular weight excluding hydrogens is 162 g/mol. The third kappa shape index (κ3) is 1.62. The molecule has 1 saturated carbocycles. The van der Waals surface area contributed by atoms with Crippen LogP contribution in [0.5, 0.6) is 0 Å². The van der Waals surface area contributed by atoms with E-state index >= 15 is 0 Å². The van der Waals surface area contributed by atoms with Gasteiger partial charge >= 0.3 is 0 Å². The Kier molecular flexibility index (Phi) is 2.16. The van der Waals surface area contributed by atoms with Crippen molar-refractivity contribution in [2.75, 3.05) is 13.1 Å². The van der Waals surface area contributed by atoms with Gasteiger partial charge in [0, 0.05) is 18.6 Å². The van der Waals surface area contributed by atoms with Gasteiger partial charge in [0.05, 0.1) is 6.10 Å². The van der Waals surface area contributed by atoms with E-state index in [1.54, 1.807) is 0 Å². The van der Waals surface area contributed by atoms with Gasteiger partial charge < -0.3 is 5.11 Å². The quantitative estimate of drug-likeness (QED) is 0.615. The molecule has 0 radical (unpaired) electrons. The van der Waals surface area contributed by atoms with Crippen molar-refractivity contribution < 1.29 is 5.11 Å². The summed E-state index contributed by atoms with van der Waals surface area (Å²) in [5.41, 5.74) is 0.279. The second kappa shape index (κ2) is 2.96. The molecule has 76 valence electrons. The summed E-state index contributed by atoms with van der Waals surface area (Å²) in [5.74, 6) is 1.11. The maximum absolute atomic E-state index is 9.87. The van der Waals surface area contributed by atoms with E-state index in [1.165, 1.54) is 12.8 Å². The van der Waals surface area contributed by atoms with Gasteiger partial charge in [-0.3, -0.25) is 4.90 Å². The van der Waals surface area contributed by atoms with Crippen LogP contribution in [0.3, 0.4) is 0 Å². The first-order valence-corrected chi connectivity index (χ1v) is 5.41. The molecule has 2 fully saturated rings. The molecule has 0 aromatic carbocycles. The zero-order valence-electron chi connectivity index (χ0n) is 8.95. The summed E-state index contributed by atoms with van der Waals surface area (Å²) >= 11 is 0. The molecule has 1 N–H and O–H groups in total. The Morgan fingerprint density at radius 3 is 1.92 bits per heavy atom. The zero-order chi connectivity index (χ0) is 9.64. The number of hydrogen-bond donors (Lipinski definition) is 1. The number of fused-ring (bicyclic) bond motifs is 2. The predicted octanol–water partition coefficient (Wildman–Crippen LogP) is 1.49. The van der Waals surface area contributed by atoms with Crippen LogP contribution in [0.25, 0.3) is 0 Å². The van der Waals surface area contributed by atoms with Crippen LogP contribution in [-0.2, 0) is 0 Å². The first-order valence-electron chi connectivity index (χ1n) is 5.41.